The molecule has 0 fully saturated rings. The predicted molar refractivity (Wildman–Crippen MR) is 118 cm³/mol. The van der Waals surface area contributed by atoms with Gasteiger partial charge >= 0.3 is 0 Å². The number of benzene rings is 4. The van der Waals surface area contributed by atoms with E-state index in [-0.39, 0.29) is 5.75 Å². The van der Waals surface area contributed by atoms with Crippen molar-refractivity contribution in [1.29, 1.82) is 0 Å². The van der Waals surface area contributed by atoms with Crippen LogP contribution < -0.4 is 0 Å². The zero-order valence-electron chi connectivity index (χ0n) is 15.3. The van der Waals surface area contributed by atoms with E-state index in [9.17, 15) is 5.11 Å². The fourth-order valence-corrected chi connectivity index (χ4v) is 4.40. The number of nitrogens with zero attached hydrogens (tertiary/aromatic N) is 2. The van der Waals surface area contributed by atoms with Crippen LogP contribution >= 0.6 is 11.6 Å². The molecule has 0 aliphatic heterocycles. The first-order valence-corrected chi connectivity index (χ1v) is 9.80. The van der Waals surface area contributed by atoms with Gasteiger partial charge in [-0.2, -0.15) is 0 Å². The zero-order valence-corrected chi connectivity index (χ0v) is 16.1. The molecule has 4 aromatic carbocycles. The second kappa shape index (κ2) is 5.97. The fourth-order valence-electron chi connectivity index (χ4n) is 4.28. The number of halogens is 1. The molecular formula is C25H15ClN2O. The molecule has 0 spiro atoms. The highest BCUT2D eigenvalue weighted by atomic mass is 35.5. The third-order valence-electron chi connectivity index (χ3n) is 5.52. The van der Waals surface area contributed by atoms with E-state index in [2.05, 4.69) is 41.0 Å². The van der Waals surface area contributed by atoms with Gasteiger partial charge in [0.15, 0.2) is 0 Å². The maximum atomic E-state index is 10.5. The summed E-state index contributed by atoms with van der Waals surface area (Å²) in [5.41, 5.74) is 5.89. The van der Waals surface area contributed by atoms with Gasteiger partial charge in [-0.05, 0) is 41.8 Å². The van der Waals surface area contributed by atoms with Gasteiger partial charge in [0.1, 0.15) is 11.6 Å². The normalized spacial score (nSPS) is 11.8. The Hall–Kier alpha value is -3.56. The molecule has 1 N–H and O–H groups in total. The van der Waals surface area contributed by atoms with E-state index in [1.54, 1.807) is 6.07 Å². The molecule has 0 bridgehead atoms. The van der Waals surface area contributed by atoms with E-state index in [0.717, 1.165) is 28.2 Å². The summed E-state index contributed by atoms with van der Waals surface area (Å²) in [7, 11) is 0. The number of aromatic nitrogens is 2. The molecule has 0 radical (unpaired) electrons. The molecule has 1 aliphatic carbocycles. The molecule has 6 rings (SSSR count). The van der Waals surface area contributed by atoms with Crippen molar-refractivity contribution >= 4 is 22.4 Å². The molecule has 4 heteroatoms. The number of phenolic OH excluding ortho intramolecular Hbond substituents is 1. The Morgan fingerprint density at radius 2 is 1.41 bits per heavy atom. The van der Waals surface area contributed by atoms with E-state index in [1.807, 2.05) is 42.5 Å². The monoisotopic (exact) mass is 394 g/mol. The summed E-state index contributed by atoms with van der Waals surface area (Å²) < 4.78 is 2.12. The van der Waals surface area contributed by atoms with Gasteiger partial charge in [-0.3, -0.25) is 4.57 Å². The lowest BCUT2D eigenvalue weighted by Crippen LogP contribution is -2.00. The van der Waals surface area contributed by atoms with Crippen molar-refractivity contribution in [2.45, 2.75) is 0 Å². The highest BCUT2D eigenvalue weighted by molar-refractivity contribution is 6.30. The van der Waals surface area contributed by atoms with Crippen LogP contribution in [-0.4, -0.2) is 14.7 Å². The van der Waals surface area contributed by atoms with Crippen LogP contribution in [0.4, 0.5) is 0 Å². The second-order valence-electron chi connectivity index (χ2n) is 7.17. The van der Waals surface area contributed by atoms with Gasteiger partial charge in [0.05, 0.1) is 17.0 Å². The maximum Gasteiger partial charge on any atom is 0.149 e. The molecule has 0 saturated carbocycles. The number of imidazole rings is 1. The summed E-state index contributed by atoms with van der Waals surface area (Å²) >= 11 is 6.15. The number of para-hydroxylation sites is 1. The van der Waals surface area contributed by atoms with E-state index >= 15 is 0 Å². The number of phenols is 1. The summed E-state index contributed by atoms with van der Waals surface area (Å²) in [6.45, 7) is 0. The third-order valence-corrected chi connectivity index (χ3v) is 5.77. The molecule has 1 aliphatic rings. The standard InChI is InChI=1S/C25H15ClN2O/c26-16-11-13-17(14-12-16)28-24-20-9-4-6-15-5-3-8-19(22(15)20)23(24)27-25(28)18-7-1-2-10-21(18)29/h1-14,29H. The van der Waals surface area contributed by atoms with E-state index in [0.29, 0.717) is 16.4 Å². The Morgan fingerprint density at radius 3 is 2.17 bits per heavy atom. The van der Waals surface area contributed by atoms with Crippen LogP contribution in [0.5, 0.6) is 5.75 Å². The van der Waals surface area contributed by atoms with Gasteiger partial charge in [0.2, 0.25) is 0 Å². The smallest absolute Gasteiger partial charge is 0.149 e. The van der Waals surface area contributed by atoms with Gasteiger partial charge in [-0.25, -0.2) is 4.98 Å². The summed E-state index contributed by atoms with van der Waals surface area (Å²) in [6, 6.07) is 27.7. The van der Waals surface area contributed by atoms with Crippen LogP contribution in [-0.2, 0) is 0 Å². The fraction of sp³-hybridized carbons (Fsp3) is 0. The van der Waals surface area contributed by atoms with Gasteiger partial charge in [0, 0.05) is 27.2 Å². The molecule has 5 aromatic rings. The third kappa shape index (κ3) is 2.28. The Labute approximate surface area is 172 Å². The Morgan fingerprint density at radius 1 is 0.724 bits per heavy atom. The lowest BCUT2D eigenvalue weighted by molar-refractivity contribution is 0.477. The molecule has 0 saturated heterocycles. The highest BCUT2D eigenvalue weighted by Gasteiger charge is 2.30. The molecule has 0 atom stereocenters. The number of fused-ring (bicyclic) bond motifs is 3. The summed E-state index contributed by atoms with van der Waals surface area (Å²) in [4.78, 5) is 5.03. The van der Waals surface area contributed by atoms with Gasteiger partial charge in [-0.15, -0.1) is 0 Å². The predicted octanol–water partition coefficient (Wildman–Crippen LogP) is 6.70. The van der Waals surface area contributed by atoms with Gasteiger partial charge in [0.25, 0.3) is 0 Å². The average Bonchev–Trinajstić information content (AvgIpc) is 3.27. The Bertz CT molecular complexity index is 1410. The molecule has 1 aromatic heterocycles. The summed E-state index contributed by atoms with van der Waals surface area (Å²) in [5, 5.41) is 13.6. The van der Waals surface area contributed by atoms with Gasteiger partial charge in [-0.1, -0.05) is 60.1 Å². The minimum atomic E-state index is 0.206. The number of hydrogen-bond acceptors (Lipinski definition) is 2. The topological polar surface area (TPSA) is 38.1 Å². The van der Waals surface area contributed by atoms with E-state index in [4.69, 9.17) is 16.6 Å². The summed E-state index contributed by atoms with van der Waals surface area (Å²) in [6.07, 6.45) is 0. The maximum absolute atomic E-state index is 10.5. The average molecular weight is 395 g/mol. The van der Waals surface area contributed by atoms with Crippen molar-refractivity contribution in [2.24, 2.45) is 0 Å². The van der Waals surface area contributed by atoms with E-state index in [1.165, 1.54) is 10.8 Å². The molecular weight excluding hydrogens is 380 g/mol. The molecule has 3 nitrogen and oxygen atoms in total. The lowest BCUT2D eigenvalue weighted by Gasteiger charge is -2.13. The van der Waals surface area contributed by atoms with Crippen LogP contribution in [0.3, 0.4) is 0 Å². The lowest BCUT2D eigenvalue weighted by atomic mass is 10.0. The molecule has 138 valence electrons. The number of rotatable bonds is 2. The van der Waals surface area contributed by atoms with Crippen molar-refractivity contribution in [3.8, 4) is 45.3 Å². The number of aromatic hydroxyl groups is 1. The van der Waals surface area contributed by atoms with Crippen molar-refractivity contribution in [1.82, 2.24) is 9.55 Å². The van der Waals surface area contributed by atoms with Crippen molar-refractivity contribution < 1.29 is 5.11 Å². The van der Waals surface area contributed by atoms with Crippen LogP contribution in [0.15, 0.2) is 84.9 Å². The zero-order chi connectivity index (χ0) is 19.5. The van der Waals surface area contributed by atoms with Crippen LogP contribution in [0, 0.1) is 0 Å². The molecule has 0 amide bonds. The highest BCUT2D eigenvalue weighted by Crippen LogP contribution is 2.49. The van der Waals surface area contributed by atoms with Crippen LogP contribution in [0.25, 0.3) is 50.4 Å². The van der Waals surface area contributed by atoms with Crippen molar-refractivity contribution in [3.63, 3.8) is 0 Å². The SMILES string of the molecule is Oc1ccccc1-c1nc2c(n1-c1ccc(Cl)cc1)-c1cccc3cccc-2c13. The minimum absolute atomic E-state index is 0.206. The summed E-state index contributed by atoms with van der Waals surface area (Å²) in [5.74, 6) is 0.916. The minimum Gasteiger partial charge on any atom is -0.507 e. The first kappa shape index (κ1) is 16.4. The van der Waals surface area contributed by atoms with Crippen molar-refractivity contribution in [3.05, 3.63) is 90.0 Å². The molecule has 1 heterocycles. The second-order valence-corrected chi connectivity index (χ2v) is 7.61. The first-order valence-electron chi connectivity index (χ1n) is 9.42. The van der Waals surface area contributed by atoms with Crippen LogP contribution in [0.1, 0.15) is 0 Å². The Kier molecular flexibility index (Phi) is 3.37. The van der Waals surface area contributed by atoms with Gasteiger partial charge < -0.3 is 5.11 Å². The van der Waals surface area contributed by atoms with Crippen LogP contribution in [0.2, 0.25) is 5.02 Å². The first-order chi connectivity index (χ1) is 14.2. The largest absolute Gasteiger partial charge is 0.507 e. The number of hydrogen-bond donors (Lipinski definition) is 1. The van der Waals surface area contributed by atoms with Crippen molar-refractivity contribution in [2.75, 3.05) is 0 Å². The molecule has 0 unspecified atom stereocenters. The Balaban J connectivity index is 1.75. The quantitative estimate of drug-likeness (QED) is 0.355. The van der Waals surface area contributed by atoms with E-state index < -0.39 is 0 Å². The molecule has 29 heavy (non-hydrogen) atoms.